The third kappa shape index (κ3) is 2.51. The maximum atomic E-state index is 11.9. The summed E-state index contributed by atoms with van der Waals surface area (Å²) in [5, 5.41) is 2.71. The molecule has 0 aliphatic rings. The second kappa shape index (κ2) is 4.91. The van der Waals surface area contributed by atoms with E-state index in [1.54, 1.807) is 26.0 Å². The van der Waals surface area contributed by atoms with E-state index < -0.39 is 5.91 Å². The molecule has 0 bridgehead atoms. The summed E-state index contributed by atoms with van der Waals surface area (Å²) in [4.78, 5) is 26.4. The molecule has 1 unspecified atom stereocenters. The van der Waals surface area contributed by atoms with Gasteiger partial charge < -0.3 is 14.7 Å². The molecule has 0 spiro atoms. The smallest absolute Gasteiger partial charge is 0.257 e. The minimum atomic E-state index is -0.417. The first-order valence-electron chi connectivity index (χ1n) is 5.61. The fourth-order valence-corrected chi connectivity index (χ4v) is 1.63. The molecular weight excluding hydrogens is 232 g/mol. The van der Waals surface area contributed by atoms with Crippen LogP contribution in [-0.2, 0) is 0 Å². The van der Waals surface area contributed by atoms with Crippen molar-refractivity contribution in [3.8, 4) is 0 Å². The van der Waals surface area contributed by atoms with Crippen molar-refractivity contribution in [1.82, 2.24) is 10.3 Å². The second-order valence-corrected chi connectivity index (χ2v) is 4.10. The van der Waals surface area contributed by atoms with E-state index in [2.05, 4.69) is 10.3 Å². The number of amides is 1. The Morgan fingerprint density at radius 1 is 1.50 bits per heavy atom. The molecule has 0 saturated heterocycles. The van der Waals surface area contributed by atoms with Crippen LogP contribution in [0.4, 0.5) is 0 Å². The molecule has 0 saturated carbocycles. The Morgan fingerprint density at radius 3 is 2.89 bits per heavy atom. The fourth-order valence-electron chi connectivity index (χ4n) is 1.63. The number of nitrogens with one attached hydrogen (secondary N) is 2. The first-order chi connectivity index (χ1) is 8.58. The molecule has 1 amide bonds. The molecule has 18 heavy (non-hydrogen) atoms. The van der Waals surface area contributed by atoms with Crippen LogP contribution in [0.2, 0.25) is 0 Å². The van der Waals surface area contributed by atoms with Crippen LogP contribution in [0.5, 0.6) is 0 Å². The molecule has 0 fully saturated rings. The number of carbonyl (C=O) groups is 1. The van der Waals surface area contributed by atoms with Crippen LogP contribution in [0.15, 0.2) is 39.9 Å². The van der Waals surface area contributed by atoms with Gasteiger partial charge >= 0.3 is 0 Å². The number of pyridine rings is 1. The topological polar surface area (TPSA) is 75.1 Å². The van der Waals surface area contributed by atoms with E-state index >= 15 is 0 Å². The van der Waals surface area contributed by atoms with Gasteiger partial charge in [0.1, 0.15) is 11.3 Å². The lowest BCUT2D eigenvalue weighted by Gasteiger charge is -2.10. The van der Waals surface area contributed by atoms with Crippen molar-refractivity contribution in [3.05, 3.63) is 57.9 Å². The van der Waals surface area contributed by atoms with Crippen molar-refractivity contribution >= 4 is 5.91 Å². The number of hydrogen-bond donors (Lipinski definition) is 2. The number of H-pyrrole nitrogens is 1. The lowest BCUT2D eigenvalue weighted by atomic mass is 10.2. The van der Waals surface area contributed by atoms with Crippen LogP contribution in [0.3, 0.4) is 0 Å². The second-order valence-electron chi connectivity index (χ2n) is 4.10. The molecule has 5 heteroatoms. The average molecular weight is 246 g/mol. The highest BCUT2D eigenvalue weighted by atomic mass is 16.3. The van der Waals surface area contributed by atoms with Crippen molar-refractivity contribution in [1.29, 1.82) is 0 Å². The molecule has 2 heterocycles. The SMILES string of the molecule is Cc1cc(=O)c(C(=O)NC(C)c2ccco2)c[nH]1. The van der Waals surface area contributed by atoms with Gasteiger partial charge in [-0.15, -0.1) is 0 Å². The van der Waals surface area contributed by atoms with Gasteiger partial charge in [-0.2, -0.15) is 0 Å². The molecule has 2 aromatic heterocycles. The zero-order valence-electron chi connectivity index (χ0n) is 10.2. The lowest BCUT2D eigenvalue weighted by Crippen LogP contribution is -2.30. The lowest BCUT2D eigenvalue weighted by molar-refractivity contribution is 0.0934. The van der Waals surface area contributed by atoms with Gasteiger partial charge in [-0.1, -0.05) is 0 Å². The largest absolute Gasteiger partial charge is 0.467 e. The van der Waals surface area contributed by atoms with Gasteiger partial charge in [0.2, 0.25) is 0 Å². The van der Waals surface area contributed by atoms with Gasteiger partial charge in [-0.3, -0.25) is 9.59 Å². The van der Waals surface area contributed by atoms with Crippen LogP contribution in [0.25, 0.3) is 0 Å². The number of aromatic nitrogens is 1. The molecule has 0 aliphatic heterocycles. The number of rotatable bonds is 3. The third-order valence-electron chi connectivity index (χ3n) is 2.62. The third-order valence-corrected chi connectivity index (χ3v) is 2.62. The Hall–Kier alpha value is -2.30. The first kappa shape index (κ1) is 12.2. The highest BCUT2D eigenvalue weighted by molar-refractivity contribution is 5.93. The summed E-state index contributed by atoms with van der Waals surface area (Å²) in [5.41, 5.74) is 0.519. The molecule has 2 aromatic rings. The van der Waals surface area contributed by atoms with Crippen LogP contribution in [0.1, 0.15) is 34.8 Å². The van der Waals surface area contributed by atoms with E-state index in [0.717, 1.165) is 5.69 Å². The quantitative estimate of drug-likeness (QED) is 0.866. The summed E-state index contributed by atoms with van der Waals surface area (Å²) in [6.07, 6.45) is 2.96. The van der Waals surface area contributed by atoms with Crippen molar-refractivity contribution in [2.24, 2.45) is 0 Å². The standard InChI is InChI=1S/C13H14N2O3/c1-8-6-11(16)10(7-14-8)13(17)15-9(2)12-4-3-5-18-12/h3-7,9H,1-2H3,(H,14,16)(H,15,17). The van der Waals surface area contributed by atoms with Crippen LogP contribution >= 0.6 is 0 Å². The Balaban J connectivity index is 2.15. The van der Waals surface area contributed by atoms with E-state index in [1.807, 2.05) is 0 Å². The number of aryl methyl sites for hydroxylation is 1. The summed E-state index contributed by atoms with van der Waals surface area (Å²) in [7, 11) is 0. The van der Waals surface area contributed by atoms with E-state index in [1.165, 1.54) is 18.5 Å². The molecule has 2 N–H and O–H groups in total. The highest BCUT2D eigenvalue weighted by Crippen LogP contribution is 2.12. The average Bonchev–Trinajstić information content (AvgIpc) is 2.81. The van der Waals surface area contributed by atoms with Crippen molar-refractivity contribution < 1.29 is 9.21 Å². The molecule has 94 valence electrons. The molecule has 2 rings (SSSR count). The number of aromatic amines is 1. The molecule has 0 aromatic carbocycles. The summed E-state index contributed by atoms with van der Waals surface area (Å²) in [6.45, 7) is 3.55. The summed E-state index contributed by atoms with van der Waals surface area (Å²) < 4.78 is 5.18. The van der Waals surface area contributed by atoms with E-state index in [9.17, 15) is 9.59 Å². The van der Waals surface area contributed by atoms with Crippen molar-refractivity contribution in [2.75, 3.05) is 0 Å². The Labute approximate surface area is 104 Å². The predicted octanol–water partition coefficient (Wildman–Crippen LogP) is 1.77. The van der Waals surface area contributed by atoms with E-state index in [0.29, 0.717) is 5.76 Å². The van der Waals surface area contributed by atoms with Gasteiger partial charge in [0.25, 0.3) is 5.91 Å². The maximum Gasteiger partial charge on any atom is 0.257 e. The van der Waals surface area contributed by atoms with Gasteiger partial charge in [0.15, 0.2) is 5.43 Å². The van der Waals surface area contributed by atoms with Crippen molar-refractivity contribution in [2.45, 2.75) is 19.9 Å². The van der Waals surface area contributed by atoms with Crippen LogP contribution in [0, 0.1) is 6.92 Å². The van der Waals surface area contributed by atoms with E-state index in [4.69, 9.17) is 4.42 Å². The molecule has 5 nitrogen and oxygen atoms in total. The van der Waals surface area contributed by atoms with Gasteiger partial charge in [-0.05, 0) is 26.0 Å². The number of hydrogen-bond acceptors (Lipinski definition) is 3. The first-order valence-corrected chi connectivity index (χ1v) is 5.61. The summed E-state index contributed by atoms with van der Waals surface area (Å²) in [5.74, 6) is 0.229. The summed E-state index contributed by atoms with van der Waals surface area (Å²) >= 11 is 0. The Morgan fingerprint density at radius 2 is 2.28 bits per heavy atom. The minimum absolute atomic E-state index is 0.0963. The zero-order chi connectivity index (χ0) is 13.1. The van der Waals surface area contributed by atoms with Crippen LogP contribution in [-0.4, -0.2) is 10.9 Å². The number of furan rings is 1. The van der Waals surface area contributed by atoms with Gasteiger partial charge in [-0.25, -0.2) is 0 Å². The summed E-state index contributed by atoms with van der Waals surface area (Å²) in [6, 6.07) is 4.63. The Kier molecular flexibility index (Phi) is 3.32. The molecular formula is C13H14N2O3. The maximum absolute atomic E-state index is 11.9. The highest BCUT2D eigenvalue weighted by Gasteiger charge is 2.15. The Bertz CT molecular complexity index is 599. The molecule has 0 aliphatic carbocycles. The number of carbonyl (C=O) groups excluding carboxylic acids is 1. The monoisotopic (exact) mass is 246 g/mol. The van der Waals surface area contributed by atoms with E-state index in [-0.39, 0.29) is 17.0 Å². The zero-order valence-corrected chi connectivity index (χ0v) is 10.2. The van der Waals surface area contributed by atoms with Crippen LogP contribution < -0.4 is 10.7 Å². The fraction of sp³-hybridized carbons (Fsp3) is 0.231. The van der Waals surface area contributed by atoms with Gasteiger partial charge in [0.05, 0.1) is 12.3 Å². The predicted molar refractivity (Wildman–Crippen MR) is 66.4 cm³/mol. The molecule has 0 radical (unpaired) electrons. The van der Waals surface area contributed by atoms with Gasteiger partial charge in [0, 0.05) is 18.0 Å². The normalized spacial score (nSPS) is 12.1. The van der Waals surface area contributed by atoms with Crippen molar-refractivity contribution in [3.63, 3.8) is 0 Å². The molecule has 1 atom stereocenters. The minimum Gasteiger partial charge on any atom is -0.467 e.